The molecule has 5 nitrogen and oxygen atoms in total. The first-order chi connectivity index (χ1) is 11.1. The third-order valence-electron chi connectivity index (χ3n) is 3.96. The molecule has 2 aromatic carbocycles. The number of amides is 1. The first-order valence-electron chi connectivity index (χ1n) is 7.46. The molecular weight excluding hydrogens is 288 g/mol. The number of carbonyl (C=O) groups is 1. The number of imidazole rings is 1. The number of aromatic nitrogens is 3. The Morgan fingerprint density at radius 1 is 1.04 bits per heavy atom. The predicted octanol–water partition coefficient (Wildman–Crippen LogP) is 3.91. The molecule has 0 atom stereocenters. The normalized spacial score (nSPS) is 11.2. The molecule has 3 N–H and O–H groups in total. The van der Waals surface area contributed by atoms with Crippen molar-refractivity contribution in [3.63, 3.8) is 0 Å². The van der Waals surface area contributed by atoms with Gasteiger partial charge in [0.15, 0.2) is 0 Å². The van der Waals surface area contributed by atoms with Gasteiger partial charge < -0.3 is 9.97 Å². The lowest BCUT2D eigenvalue weighted by Gasteiger charge is -1.98. The van der Waals surface area contributed by atoms with E-state index in [1.54, 1.807) is 0 Å². The van der Waals surface area contributed by atoms with Crippen molar-refractivity contribution in [1.29, 1.82) is 0 Å². The molecule has 4 rings (SSSR count). The smallest absolute Gasteiger partial charge is 0.274 e. The Morgan fingerprint density at radius 3 is 2.70 bits per heavy atom. The van der Waals surface area contributed by atoms with Crippen LogP contribution in [0.2, 0.25) is 0 Å². The van der Waals surface area contributed by atoms with E-state index in [2.05, 4.69) is 26.3 Å². The molecule has 4 aromatic rings. The minimum absolute atomic E-state index is 0.211. The minimum atomic E-state index is -0.211. The van der Waals surface area contributed by atoms with Gasteiger partial charge in [0, 0.05) is 10.9 Å². The van der Waals surface area contributed by atoms with Gasteiger partial charge in [0.05, 0.1) is 11.0 Å². The minimum Gasteiger partial charge on any atom is -0.351 e. The third kappa shape index (κ3) is 2.36. The van der Waals surface area contributed by atoms with E-state index in [4.69, 9.17) is 0 Å². The van der Waals surface area contributed by atoms with Gasteiger partial charge in [0.25, 0.3) is 5.91 Å². The topological polar surface area (TPSA) is 73.6 Å². The lowest BCUT2D eigenvalue weighted by Crippen LogP contribution is -2.13. The van der Waals surface area contributed by atoms with Gasteiger partial charge in [-0.05, 0) is 49.2 Å². The van der Waals surface area contributed by atoms with Crippen LogP contribution in [0.5, 0.6) is 0 Å². The number of aryl methyl sites for hydroxylation is 2. The number of hydrogen-bond acceptors (Lipinski definition) is 2. The van der Waals surface area contributed by atoms with Crippen molar-refractivity contribution in [3.05, 3.63) is 59.3 Å². The largest absolute Gasteiger partial charge is 0.351 e. The van der Waals surface area contributed by atoms with Crippen molar-refractivity contribution in [1.82, 2.24) is 15.0 Å². The molecule has 0 aliphatic heterocycles. The maximum atomic E-state index is 12.5. The summed E-state index contributed by atoms with van der Waals surface area (Å²) in [5.41, 5.74) is 5.53. The highest BCUT2D eigenvalue weighted by Gasteiger charge is 2.13. The number of fused-ring (bicyclic) bond motifs is 2. The van der Waals surface area contributed by atoms with Gasteiger partial charge in [0.1, 0.15) is 5.69 Å². The SMILES string of the molecule is Cc1cc(C)c2cc(C(=O)Nc3nc4ccccc4[nH]3)[nH]c2c1. The number of H-pyrrole nitrogens is 2. The summed E-state index contributed by atoms with van der Waals surface area (Å²) in [7, 11) is 0. The molecule has 0 spiro atoms. The Bertz CT molecular complexity index is 1010. The van der Waals surface area contributed by atoms with Crippen LogP contribution >= 0.6 is 0 Å². The quantitative estimate of drug-likeness (QED) is 0.525. The molecule has 23 heavy (non-hydrogen) atoms. The molecule has 0 saturated heterocycles. The summed E-state index contributed by atoms with van der Waals surface area (Å²) in [5.74, 6) is 0.236. The number of nitrogens with one attached hydrogen (secondary N) is 3. The Morgan fingerprint density at radius 2 is 1.87 bits per heavy atom. The first-order valence-corrected chi connectivity index (χ1v) is 7.46. The molecule has 0 aliphatic rings. The van der Waals surface area contributed by atoms with E-state index < -0.39 is 0 Å². The van der Waals surface area contributed by atoms with Crippen molar-refractivity contribution in [3.8, 4) is 0 Å². The zero-order valence-electron chi connectivity index (χ0n) is 12.9. The summed E-state index contributed by atoms with van der Waals surface area (Å²) in [5, 5.41) is 3.87. The van der Waals surface area contributed by atoms with Gasteiger partial charge in [-0.1, -0.05) is 18.2 Å². The second-order valence-electron chi connectivity index (χ2n) is 5.78. The summed E-state index contributed by atoms with van der Waals surface area (Å²) in [6.07, 6.45) is 0. The van der Waals surface area contributed by atoms with E-state index in [1.807, 2.05) is 50.2 Å². The van der Waals surface area contributed by atoms with Gasteiger partial charge in [-0.15, -0.1) is 0 Å². The van der Waals surface area contributed by atoms with Gasteiger partial charge in [-0.3, -0.25) is 10.1 Å². The van der Waals surface area contributed by atoms with Crippen LogP contribution in [0.25, 0.3) is 21.9 Å². The highest BCUT2D eigenvalue weighted by molar-refractivity contribution is 6.06. The highest BCUT2D eigenvalue weighted by atomic mass is 16.2. The molecule has 5 heteroatoms. The molecule has 0 fully saturated rings. The lowest BCUT2D eigenvalue weighted by molar-refractivity contribution is 0.102. The summed E-state index contributed by atoms with van der Waals surface area (Å²) >= 11 is 0. The molecule has 0 unspecified atom stereocenters. The average Bonchev–Trinajstić information content (AvgIpc) is 3.10. The first kappa shape index (κ1) is 13.6. The average molecular weight is 304 g/mol. The van der Waals surface area contributed by atoms with Crippen LogP contribution in [0.1, 0.15) is 21.6 Å². The Balaban J connectivity index is 1.67. The van der Waals surface area contributed by atoms with Crippen molar-refractivity contribution >= 4 is 33.8 Å². The molecule has 0 bridgehead atoms. The van der Waals surface area contributed by atoms with E-state index in [0.717, 1.165) is 27.5 Å². The van der Waals surface area contributed by atoms with Gasteiger partial charge >= 0.3 is 0 Å². The third-order valence-corrected chi connectivity index (χ3v) is 3.96. The van der Waals surface area contributed by atoms with Crippen LogP contribution in [0, 0.1) is 13.8 Å². The monoisotopic (exact) mass is 304 g/mol. The van der Waals surface area contributed by atoms with Crippen LogP contribution in [0.3, 0.4) is 0 Å². The maximum Gasteiger partial charge on any atom is 0.274 e. The lowest BCUT2D eigenvalue weighted by atomic mass is 10.1. The summed E-state index contributed by atoms with van der Waals surface area (Å²) in [4.78, 5) is 23.1. The van der Waals surface area contributed by atoms with Crippen LogP contribution in [-0.2, 0) is 0 Å². The van der Waals surface area contributed by atoms with E-state index >= 15 is 0 Å². The highest BCUT2D eigenvalue weighted by Crippen LogP contribution is 2.22. The second kappa shape index (κ2) is 4.98. The molecule has 0 saturated carbocycles. The van der Waals surface area contributed by atoms with Crippen molar-refractivity contribution in [2.45, 2.75) is 13.8 Å². The van der Waals surface area contributed by atoms with Crippen LogP contribution in [0.15, 0.2) is 42.5 Å². The van der Waals surface area contributed by atoms with E-state index in [-0.39, 0.29) is 5.91 Å². The zero-order chi connectivity index (χ0) is 16.0. The molecule has 1 amide bonds. The molecule has 0 radical (unpaired) electrons. The van der Waals surface area contributed by atoms with Crippen molar-refractivity contribution in [2.24, 2.45) is 0 Å². The predicted molar refractivity (Wildman–Crippen MR) is 91.8 cm³/mol. The number of nitrogens with zero attached hydrogens (tertiary/aromatic N) is 1. The summed E-state index contributed by atoms with van der Waals surface area (Å²) in [6, 6.07) is 13.7. The second-order valence-corrected chi connectivity index (χ2v) is 5.78. The number of aromatic amines is 2. The maximum absolute atomic E-state index is 12.5. The number of para-hydroxylation sites is 2. The van der Waals surface area contributed by atoms with Crippen molar-refractivity contribution < 1.29 is 4.79 Å². The van der Waals surface area contributed by atoms with Crippen LogP contribution < -0.4 is 5.32 Å². The van der Waals surface area contributed by atoms with Crippen molar-refractivity contribution in [2.75, 3.05) is 5.32 Å². The molecular formula is C18H16N4O. The molecule has 2 heterocycles. The van der Waals surface area contributed by atoms with Gasteiger partial charge in [-0.25, -0.2) is 4.98 Å². The Hall–Kier alpha value is -3.08. The fourth-order valence-corrected chi connectivity index (χ4v) is 2.91. The number of benzene rings is 2. The van der Waals surface area contributed by atoms with E-state index in [0.29, 0.717) is 11.6 Å². The standard InChI is InChI=1S/C18H16N4O/c1-10-7-11(2)12-9-16(19-15(12)8-10)17(23)22-18-20-13-5-3-4-6-14(13)21-18/h3-9,19H,1-2H3,(H2,20,21,22,23). The van der Waals surface area contributed by atoms with E-state index in [1.165, 1.54) is 5.56 Å². The molecule has 114 valence electrons. The fraction of sp³-hybridized carbons (Fsp3) is 0.111. The number of hydrogen-bond donors (Lipinski definition) is 3. The Labute approximate surface area is 132 Å². The molecule has 0 aliphatic carbocycles. The summed E-state index contributed by atoms with van der Waals surface area (Å²) in [6.45, 7) is 4.09. The number of anilines is 1. The van der Waals surface area contributed by atoms with Gasteiger partial charge in [-0.2, -0.15) is 0 Å². The zero-order valence-corrected chi connectivity index (χ0v) is 12.9. The fourth-order valence-electron chi connectivity index (χ4n) is 2.91. The van der Waals surface area contributed by atoms with E-state index in [9.17, 15) is 4.79 Å². The Kier molecular flexibility index (Phi) is 2.94. The van der Waals surface area contributed by atoms with Gasteiger partial charge in [0.2, 0.25) is 5.95 Å². The molecule has 2 aromatic heterocycles. The van der Waals surface area contributed by atoms with Crippen LogP contribution in [0.4, 0.5) is 5.95 Å². The number of carbonyl (C=O) groups excluding carboxylic acids is 1. The van der Waals surface area contributed by atoms with Crippen LogP contribution in [-0.4, -0.2) is 20.9 Å². The number of rotatable bonds is 2. The summed E-state index contributed by atoms with van der Waals surface area (Å²) < 4.78 is 0.